The molecular weight excluding hydrogens is 310 g/mol. The summed E-state index contributed by atoms with van der Waals surface area (Å²) in [7, 11) is 3.04. The summed E-state index contributed by atoms with van der Waals surface area (Å²) < 4.78 is 7.42. The summed E-state index contributed by atoms with van der Waals surface area (Å²) >= 11 is 0. The van der Waals surface area contributed by atoms with Crippen molar-refractivity contribution in [1.29, 1.82) is 0 Å². The number of ether oxygens (including phenoxy) is 1. The van der Waals surface area contributed by atoms with Gasteiger partial charge in [-0.3, -0.25) is 18.7 Å². The summed E-state index contributed by atoms with van der Waals surface area (Å²) in [5.41, 5.74) is 0.962. The maximum Gasteiger partial charge on any atom is 0.331 e. The fourth-order valence-corrected chi connectivity index (χ4v) is 2.94. The van der Waals surface area contributed by atoms with Crippen molar-refractivity contribution in [3.63, 3.8) is 0 Å². The van der Waals surface area contributed by atoms with E-state index in [1.54, 1.807) is 12.0 Å². The van der Waals surface area contributed by atoms with Crippen molar-refractivity contribution in [2.45, 2.75) is 19.1 Å². The van der Waals surface area contributed by atoms with Crippen LogP contribution in [0.4, 0.5) is 5.69 Å². The number of methoxy groups -OCH3 is 1. The Morgan fingerprint density at radius 1 is 1.12 bits per heavy atom. The Morgan fingerprint density at radius 2 is 1.83 bits per heavy atom. The van der Waals surface area contributed by atoms with Gasteiger partial charge in [-0.2, -0.15) is 0 Å². The van der Waals surface area contributed by atoms with Crippen LogP contribution in [0.25, 0.3) is 0 Å². The Kier molecular flexibility index (Phi) is 4.35. The van der Waals surface area contributed by atoms with Crippen LogP contribution in [0.1, 0.15) is 18.0 Å². The highest BCUT2D eigenvalue weighted by Crippen LogP contribution is 2.27. The van der Waals surface area contributed by atoms with E-state index < -0.39 is 11.7 Å². The molecule has 0 aliphatic carbocycles. The predicted octanol–water partition coefficient (Wildman–Crippen LogP) is 0.671. The molecule has 1 amide bonds. The second kappa shape index (κ2) is 6.45. The van der Waals surface area contributed by atoms with Crippen LogP contribution >= 0.6 is 0 Å². The average molecular weight is 329 g/mol. The zero-order valence-electron chi connectivity index (χ0n) is 13.6. The van der Waals surface area contributed by atoms with Crippen LogP contribution in [0, 0.1) is 0 Å². The number of hydrogen-bond donors (Lipinski definition) is 0. The summed E-state index contributed by atoms with van der Waals surface area (Å²) in [6.45, 7) is 1.05. The van der Waals surface area contributed by atoms with Gasteiger partial charge in [0.1, 0.15) is 6.04 Å². The molecule has 7 nitrogen and oxygen atoms in total. The van der Waals surface area contributed by atoms with E-state index in [0.29, 0.717) is 19.6 Å². The van der Waals surface area contributed by atoms with E-state index in [9.17, 15) is 14.4 Å². The predicted molar refractivity (Wildman–Crippen MR) is 89.1 cm³/mol. The highest BCUT2D eigenvalue weighted by atomic mass is 16.5. The standard InChI is InChI=1S/C17H19N3O4/c1-18-15(21)8-10-20(17(18)23)14-7-9-19(16(14)22)13-5-3-12(4-6-13)11-24-2/h3-6,8,10,14H,7,9,11H2,1-2H3. The van der Waals surface area contributed by atoms with Crippen molar-refractivity contribution in [3.05, 3.63) is 62.9 Å². The average Bonchev–Trinajstić information content (AvgIpc) is 2.95. The van der Waals surface area contributed by atoms with E-state index in [1.165, 1.54) is 23.9 Å². The molecule has 1 fully saturated rings. The first-order valence-electron chi connectivity index (χ1n) is 7.70. The molecule has 0 bridgehead atoms. The van der Waals surface area contributed by atoms with E-state index in [2.05, 4.69) is 0 Å². The quantitative estimate of drug-likeness (QED) is 0.826. The van der Waals surface area contributed by atoms with Gasteiger partial charge in [0.15, 0.2) is 0 Å². The maximum absolute atomic E-state index is 12.7. The Morgan fingerprint density at radius 3 is 2.50 bits per heavy atom. The minimum Gasteiger partial charge on any atom is -0.380 e. The molecule has 2 aromatic rings. The minimum absolute atomic E-state index is 0.143. The summed E-state index contributed by atoms with van der Waals surface area (Å²) in [5.74, 6) is -0.143. The van der Waals surface area contributed by atoms with Gasteiger partial charge in [0, 0.05) is 38.7 Å². The minimum atomic E-state index is -0.581. The van der Waals surface area contributed by atoms with Gasteiger partial charge in [-0.15, -0.1) is 0 Å². The highest BCUT2D eigenvalue weighted by Gasteiger charge is 2.34. The van der Waals surface area contributed by atoms with E-state index in [1.807, 2.05) is 24.3 Å². The Bertz CT molecular complexity index is 867. The van der Waals surface area contributed by atoms with Gasteiger partial charge in [-0.05, 0) is 24.1 Å². The lowest BCUT2D eigenvalue weighted by Crippen LogP contribution is -2.40. The van der Waals surface area contributed by atoms with Crippen LogP contribution in [0.15, 0.2) is 46.1 Å². The maximum atomic E-state index is 12.7. The van der Waals surface area contributed by atoms with Gasteiger partial charge in [-0.1, -0.05) is 12.1 Å². The van der Waals surface area contributed by atoms with Gasteiger partial charge in [-0.25, -0.2) is 4.79 Å². The molecule has 1 unspecified atom stereocenters. The summed E-state index contributed by atoms with van der Waals surface area (Å²) in [5, 5.41) is 0. The van der Waals surface area contributed by atoms with Crippen molar-refractivity contribution in [2.24, 2.45) is 7.05 Å². The van der Waals surface area contributed by atoms with Crippen molar-refractivity contribution in [3.8, 4) is 0 Å². The molecule has 0 spiro atoms. The zero-order chi connectivity index (χ0) is 17.3. The number of anilines is 1. The largest absolute Gasteiger partial charge is 0.380 e. The fourth-order valence-electron chi connectivity index (χ4n) is 2.94. The van der Waals surface area contributed by atoms with E-state index in [-0.39, 0.29) is 11.5 Å². The number of carbonyl (C=O) groups is 1. The molecule has 7 heteroatoms. The number of benzene rings is 1. The van der Waals surface area contributed by atoms with E-state index in [4.69, 9.17) is 4.74 Å². The third kappa shape index (κ3) is 2.78. The molecule has 1 aromatic heterocycles. The fraction of sp³-hybridized carbons (Fsp3) is 0.353. The summed E-state index contributed by atoms with van der Waals surface area (Å²) in [4.78, 5) is 38.1. The van der Waals surface area contributed by atoms with Crippen LogP contribution < -0.4 is 16.1 Å². The molecule has 24 heavy (non-hydrogen) atoms. The molecule has 1 atom stereocenters. The second-order valence-corrected chi connectivity index (χ2v) is 5.80. The monoisotopic (exact) mass is 329 g/mol. The van der Waals surface area contributed by atoms with Crippen molar-refractivity contribution in [1.82, 2.24) is 9.13 Å². The van der Waals surface area contributed by atoms with Crippen molar-refractivity contribution < 1.29 is 9.53 Å². The third-order valence-electron chi connectivity index (χ3n) is 4.29. The molecule has 1 aromatic carbocycles. The zero-order valence-corrected chi connectivity index (χ0v) is 13.6. The number of nitrogens with zero attached hydrogens (tertiary/aromatic N) is 3. The first-order valence-corrected chi connectivity index (χ1v) is 7.70. The first kappa shape index (κ1) is 16.2. The smallest absolute Gasteiger partial charge is 0.331 e. The number of amides is 1. The Labute approximate surface area is 138 Å². The normalized spacial score (nSPS) is 17.5. The molecule has 1 saturated heterocycles. The Hall–Kier alpha value is -2.67. The number of carbonyl (C=O) groups excluding carboxylic acids is 1. The molecular formula is C17H19N3O4. The van der Waals surface area contributed by atoms with Crippen LogP contribution in [0.3, 0.4) is 0 Å². The Balaban J connectivity index is 1.86. The molecule has 1 aliphatic heterocycles. The van der Waals surface area contributed by atoms with Gasteiger partial charge in [0.25, 0.3) is 5.56 Å². The van der Waals surface area contributed by atoms with E-state index in [0.717, 1.165) is 15.8 Å². The lowest BCUT2D eigenvalue weighted by Gasteiger charge is -2.18. The van der Waals surface area contributed by atoms with Crippen molar-refractivity contribution in [2.75, 3.05) is 18.6 Å². The molecule has 0 N–H and O–H groups in total. The van der Waals surface area contributed by atoms with Gasteiger partial charge in [0.05, 0.1) is 6.61 Å². The van der Waals surface area contributed by atoms with Gasteiger partial charge < -0.3 is 9.64 Å². The summed E-state index contributed by atoms with van der Waals surface area (Å²) in [6.07, 6.45) is 1.93. The van der Waals surface area contributed by atoms with Crippen LogP contribution in [0.5, 0.6) is 0 Å². The third-order valence-corrected chi connectivity index (χ3v) is 4.29. The molecule has 1 aliphatic rings. The van der Waals surface area contributed by atoms with E-state index >= 15 is 0 Å². The SMILES string of the molecule is COCc1ccc(N2CCC(n3ccc(=O)n(C)c3=O)C2=O)cc1. The topological polar surface area (TPSA) is 73.5 Å². The molecule has 0 radical (unpaired) electrons. The van der Waals surface area contributed by atoms with Gasteiger partial charge >= 0.3 is 5.69 Å². The second-order valence-electron chi connectivity index (χ2n) is 5.80. The molecule has 3 rings (SSSR count). The van der Waals surface area contributed by atoms with Crippen LogP contribution in [-0.4, -0.2) is 28.7 Å². The first-order chi connectivity index (χ1) is 11.5. The number of aromatic nitrogens is 2. The van der Waals surface area contributed by atoms with Crippen molar-refractivity contribution >= 4 is 11.6 Å². The van der Waals surface area contributed by atoms with Gasteiger partial charge in [0.2, 0.25) is 5.91 Å². The molecule has 0 saturated carbocycles. The lowest BCUT2D eigenvalue weighted by atomic mass is 10.2. The summed E-state index contributed by atoms with van der Waals surface area (Å²) in [6, 6.07) is 8.30. The van der Waals surface area contributed by atoms with Crippen LogP contribution in [0.2, 0.25) is 0 Å². The molecule has 2 heterocycles. The lowest BCUT2D eigenvalue weighted by molar-refractivity contribution is -0.119. The van der Waals surface area contributed by atoms with Crippen LogP contribution in [-0.2, 0) is 23.2 Å². The number of rotatable bonds is 4. The number of hydrogen-bond acceptors (Lipinski definition) is 4. The highest BCUT2D eigenvalue weighted by molar-refractivity contribution is 5.98. The molecule has 126 valence electrons.